The Morgan fingerprint density at radius 1 is 1.24 bits per heavy atom. The van der Waals surface area contributed by atoms with E-state index in [-0.39, 0.29) is 23.0 Å². The summed E-state index contributed by atoms with van der Waals surface area (Å²) >= 11 is 0. The van der Waals surface area contributed by atoms with Crippen molar-refractivity contribution in [2.75, 3.05) is 0 Å². The van der Waals surface area contributed by atoms with E-state index in [1.807, 2.05) is 6.08 Å². The summed E-state index contributed by atoms with van der Waals surface area (Å²) in [4.78, 5) is 0. The summed E-state index contributed by atoms with van der Waals surface area (Å²) in [5, 5.41) is 9.96. The number of aliphatic hydroxyl groups is 1. The van der Waals surface area contributed by atoms with Crippen molar-refractivity contribution in [3.8, 4) is 0 Å². The molecule has 0 radical (unpaired) electrons. The number of rotatable bonds is 0. The third kappa shape index (κ3) is 1.72. The molecule has 3 unspecified atom stereocenters. The number of fused-ring (bicyclic) bond motifs is 4. The topological polar surface area (TPSA) is 46.2 Å². The van der Waals surface area contributed by atoms with Gasteiger partial charge in [-0.3, -0.25) is 0 Å². The van der Waals surface area contributed by atoms with Gasteiger partial charge < -0.3 is 10.8 Å². The summed E-state index contributed by atoms with van der Waals surface area (Å²) in [6.45, 7) is 4.77. The van der Waals surface area contributed by atoms with Crippen LogP contribution in [0.25, 0.3) is 0 Å². The molecule has 2 heteroatoms. The highest BCUT2D eigenvalue weighted by Crippen LogP contribution is 2.60. The van der Waals surface area contributed by atoms with E-state index in [0.717, 1.165) is 6.42 Å². The van der Waals surface area contributed by atoms with Crippen LogP contribution in [0.1, 0.15) is 46.0 Å². The van der Waals surface area contributed by atoms with Gasteiger partial charge in [-0.1, -0.05) is 43.7 Å². The fourth-order valence-corrected chi connectivity index (χ4v) is 5.60. The van der Waals surface area contributed by atoms with Gasteiger partial charge in [-0.15, -0.1) is 0 Å². The zero-order chi connectivity index (χ0) is 14.8. The van der Waals surface area contributed by atoms with Crippen molar-refractivity contribution in [1.82, 2.24) is 0 Å². The Balaban J connectivity index is 1.79. The summed E-state index contributed by atoms with van der Waals surface area (Å²) in [7, 11) is 0. The second-order valence-electron chi connectivity index (χ2n) is 8.10. The summed E-state index contributed by atoms with van der Waals surface area (Å²) < 4.78 is 0. The van der Waals surface area contributed by atoms with E-state index in [4.69, 9.17) is 5.73 Å². The highest BCUT2D eigenvalue weighted by molar-refractivity contribution is 5.45. The summed E-state index contributed by atoms with van der Waals surface area (Å²) in [5.41, 5.74) is 9.99. The molecule has 1 saturated carbocycles. The zero-order valence-corrected chi connectivity index (χ0v) is 13.2. The molecule has 0 spiro atoms. The van der Waals surface area contributed by atoms with Gasteiger partial charge in [0.1, 0.15) is 0 Å². The fraction of sp³-hybridized carbons (Fsp3) is 0.684. The molecular weight excluding hydrogens is 258 g/mol. The number of aliphatic hydroxyl groups excluding tert-OH is 1. The van der Waals surface area contributed by atoms with Crippen LogP contribution in [0.4, 0.5) is 0 Å². The third-order valence-electron chi connectivity index (χ3n) is 7.14. The molecule has 6 atom stereocenters. The van der Waals surface area contributed by atoms with Crippen LogP contribution < -0.4 is 5.73 Å². The van der Waals surface area contributed by atoms with Crippen LogP contribution in [0.3, 0.4) is 0 Å². The van der Waals surface area contributed by atoms with Gasteiger partial charge in [0.25, 0.3) is 0 Å². The molecule has 4 rings (SSSR count). The number of hydrogen-bond donors (Lipinski definition) is 2. The van der Waals surface area contributed by atoms with Gasteiger partial charge in [-0.25, -0.2) is 0 Å². The monoisotopic (exact) mass is 285 g/mol. The predicted octanol–water partition coefficient (Wildman–Crippen LogP) is 3.33. The van der Waals surface area contributed by atoms with Gasteiger partial charge in [0, 0.05) is 11.5 Å². The van der Waals surface area contributed by atoms with Crippen molar-refractivity contribution in [1.29, 1.82) is 0 Å². The van der Waals surface area contributed by atoms with Crippen LogP contribution in [-0.2, 0) is 0 Å². The third-order valence-corrected chi connectivity index (χ3v) is 7.14. The van der Waals surface area contributed by atoms with Crippen LogP contribution in [0.15, 0.2) is 35.5 Å². The molecule has 114 valence electrons. The lowest BCUT2D eigenvalue weighted by Crippen LogP contribution is -2.47. The minimum Gasteiger partial charge on any atom is -0.389 e. The largest absolute Gasteiger partial charge is 0.389 e. The SMILES string of the molecule is C[C@]12CC[C@@H]3C(=C1C=CC2N)CCC1CC(O)C=C[C@@]13C. The van der Waals surface area contributed by atoms with E-state index in [9.17, 15) is 5.11 Å². The molecule has 0 amide bonds. The Bertz CT molecular complexity index is 560. The molecule has 0 aromatic carbocycles. The van der Waals surface area contributed by atoms with E-state index in [1.54, 1.807) is 11.1 Å². The van der Waals surface area contributed by atoms with Crippen LogP contribution in [0, 0.1) is 22.7 Å². The van der Waals surface area contributed by atoms with Gasteiger partial charge >= 0.3 is 0 Å². The lowest BCUT2D eigenvalue weighted by atomic mass is 9.51. The lowest BCUT2D eigenvalue weighted by Gasteiger charge is -2.54. The minimum atomic E-state index is -0.231. The number of allylic oxidation sites excluding steroid dienone is 3. The first-order valence-corrected chi connectivity index (χ1v) is 8.50. The molecule has 0 saturated heterocycles. The number of hydrogen-bond acceptors (Lipinski definition) is 2. The summed E-state index contributed by atoms with van der Waals surface area (Å²) in [5.74, 6) is 1.29. The van der Waals surface area contributed by atoms with Crippen molar-refractivity contribution >= 4 is 0 Å². The first-order valence-electron chi connectivity index (χ1n) is 8.50. The highest BCUT2D eigenvalue weighted by atomic mass is 16.3. The lowest BCUT2D eigenvalue weighted by molar-refractivity contribution is 0.0497. The van der Waals surface area contributed by atoms with Gasteiger partial charge in [0.2, 0.25) is 0 Å². The molecule has 2 nitrogen and oxygen atoms in total. The van der Waals surface area contributed by atoms with Crippen molar-refractivity contribution in [2.24, 2.45) is 28.4 Å². The molecule has 4 aliphatic rings. The maximum atomic E-state index is 9.96. The Kier molecular flexibility index (Phi) is 2.84. The first-order chi connectivity index (χ1) is 9.95. The number of nitrogens with two attached hydrogens (primary N) is 1. The summed E-state index contributed by atoms with van der Waals surface area (Å²) in [6, 6.07) is 0.190. The molecule has 0 aromatic heterocycles. The van der Waals surface area contributed by atoms with E-state index >= 15 is 0 Å². The van der Waals surface area contributed by atoms with Gasteiger partial charge in [-0.05, 0) is 54.9 Å². The van der Waals surface area contributed by atoms with Gasteiger partial charge in [0.05, 0.1) is 6.10 Å². The summed E-state index contributed by atoms with van der Waals surface area (Å²) in [6.07, 6.45) is 14.5. The second-order valence-corrected chi connectivity index (χ2v) is 8.10. The Morgan fingerprint density at radius 3 is 2.86 bits per heavy atom. The first kappa shape index (κ1) is 13.8. The maximum Gasteiger partial charge on any atom is 0.0724 e. The van der Waals surface area contributed by atoms with E-state index in [0.29, 0.717) is 11.8 Å². The molecule has 0 bridgehead atoms. The van der Waals surface area contributed by atoms with Crippen molar-refractivity contribution in [2.45, 2.75) is 58.1 Å². The van der Waals surface area contributed by atoms with Crippen LogP contribution in [0.5, 0.6) is 0 Å². The molecule has 21 heavy (non-hydrogen) atoms. The Morgan fingerprint density at radius 2 is 2.05 bits per heavy atom. The highest BCUT2D eigenvalue weighted by Gasteiger charge is 2.52. The van der Waals surface area contributed by atoms with Crippen molar-refractivity contribution in [3.05, 3.63) is 35.5 Å². The van der Waals surface area contributed by atoms with Crippen molar-refractivity contribution in [3.63, 3.8) is 0 Å². The molecule has 0 heterocycles. The average Bonchev–Trinajstić information content (AvgIpc) is 2.76. The fourth-order valence-electron chi connectivity index (χ4n) is 5.60. The van der Waals surface area contributed by atoms with E-state index < -0.39 is 0 Å². The Hall–Kier alpha value is -0.860. The molecular formula is C19H27NO. The normalized spacial score (nSPS) is 51.6. The molecule has 0 aliphatic heterocycles. The maximum absolute atomic E-state index is 9.96. The molecule has 3 N–H and O–H groups in total. The smallest absolute Gasteiger partial charge is 0.0724 e. The predicted molar refractivity (Wildman–Crippen MR) is 85.6 cm³/mol. The average molecular weight is 285 g/mol. The second kappa shape index (κ2) is 4.33. The quantitative estimate of drug-likeness (QED) is 0.671. The molecule has 0 aromatic rings. The molecule has 1 fully saturated rings. The standard InChI is InChI=1S/C19H27NO/c1-18-9-7-13(21)11-12(18)3-4-14-15-5-6-17(20)19(15,2)10-8-16(14)18/h5-7,9,12-13,16-17,21H,3-4,8,10-11,20H2,1-2H3/t12?,13?,16-,17?,18+,19+/m1/s1. The van der Waals surface area contributed by atoms with Crippen LogP contribution in [0.2, 0.25) is 0 Å². The van der Waals surface area contributed by atoms with E-state index in [2.05, 4.69) is 32.1 Å². The van der Waals surface area contributed by atoms with Crippen molar-refractivity contribution < 1.29 is 5.11 Å². The zero-order valence-electron chi connectivity index (χ0n) is 13.2. The van der Waals surface area contributed by atoms with Gasteiger partial charge in [-0.2, -0.15) is 0 Å². The minimum absolute atomic E-state index is 0.174. The van der Waals surface area contributed by atoms with Crippen LogP contribution in [-0.4, -0.2) is 17.3 Å². The van der Waals surface area contributed by atoms with Gasteiger partial charge in [0.15, 0.2) is 0 Å². The Labute approximate surface area is 127 Å². The van der Waals surface area contributed by atoms with E-state index in [1.165, 1.54) is 25.7 Å². The molecule has 4 aliphatic carbocycles. The van der Waals surface area contributed by atoms with Crippen LogP contribution >= 0.6 is 0 Å².